The van der Waals surface area contributed by atoms with Gasteiger partial charge < -0.3 is 15.8 Å². The topological polar surface area (TPSA) is 64.3 Å². The van der Waals surface area contributed by atoms with Gasteiger partial charge in [-0.05, 0) is 47.0 Å². The first kappa shape index (κ1) is 14.3. The molecule has 0 unspecified atom stereocenters. The molecule has 0 bridgehead atoms. The molecule has 0 heterocycles. The average Bonchev–Trinajstić information content (AvgIpc) is 2.41. The van der Waals surface area contributed by atoms with Gasteiger partial charge >= 0.3 is 0 Å². The SMILES string of the molecule is Nc1ccc(NC(=O)COC2CCCCC2)c(Br)c1. The van der Waals surface area contributed by atoms with Gasteiger partial charge in [0.25, 0.3) is 0 Å². The minimum atomic E-state index is -0.129. The third kappa shape index (κ3) is 4.51. The molecule has 5 heteroatoms. The molecule has 2 rings (SSSR count). The fourth-order valence-electron chi connectivity index (χ4n) is 2.24. The average molecular weight is 327 g/mol. The molecule has 3 N–H and O–H groups in total. The van der Waals surface area contributed by atoms with Gasteiger partial charge in [0.15, 0.2) is 0 Å². The highest BCUT2D eigenvalue weighted by Crippen LogP contribution is 2.25. The van der Waals surface area contributed by atoms with Crippen LogP contribution in [0, 0.1) is 0 Å². The lowest BCUT2D eigenvalue weighted by Crippen LogP contribution is -2.24. The molecule has 104 valence electrons. The van der Waals surface area contributed by atoms with Gasteiger partial charge in [-0.25, -0.2) is 0 Å². The van der Waals surface area contributed by atoms with Gasteiger partial charge in [0.2, 0.25) is 5.91 Å². The van der Waals surface area contributed by atoms with Crippen LogP contribution >= 0.6 is 15.9 Å². The van der Waals surface area contributed by atoms with E-state index in [9.17, 15) is 4.79 Å². The molecule has 1 aliphatic carbocycles. The van der Waals surface area contributed by atoms with Crippen molar-refractivity contribution in [2.24, 2.45) is 0 Å². The third-order valence-electron chi connectivity index (χ3n) is 3.27. The van der Waals surface area contributed by atoms with E-state index in [1.807, 2.05) is 0 Å². The van der Waals surface area contributed by atoms with Gasteiger partial charge in [-0.3, -0.25) is 4.79 Å². The third-order valence-corrected chi connectivity index (χ3v) is 3.93. The van der Waals surface area contributed by atoms with Crippen molar-refractivity contribution in [3.63, 3.8) is 0 Å². The van der Waals surface area contributed by atoms with Crippen LogP contribution in [0.4, 0.5) is 11.4 Å². The smallest absolute Gasteiger partial charge is 0.250 e. The van der Waals surface area contributed by atoms with Crippen molar-refractivity contribution in [3.8, 4) is 0 Å². The lowest BCUT2D eigenvalue weighted by molar-refractivity contribution is -0.123. The maximum absolute atomic E-state index is 11.8. The predicted molar refractivity (Wildman–Crippen MR) is 80.0 cm³/mol. The molecule has 1 aromatic rings. The Kier molecular flexibility index (Phi) is 5.22. The normalized spacial score (nSPS) is 16.3. The molecule has 0 saturated heterocycles. The van der Waals surface area contributed by atoms with Crippen LogP contribution in [-0.4, -0.2) is 18.6 Å². The standard InChI is InChI=1S/C14H19BrN2O2/c15-12-8-10(16)6-7-13(12)17-14(18)9-19-11-4-2-1-3-5-11/h6-8,11H,1-5,9,16H2,(H,17,18). The molecule has 0 radical (unpaired) electrons. The first-order valence-corrected chi connectivity index (χ1v) is 7.41. The quantitative estimate of drug-likeness (QED) is 0.834. The summed E-state index contributed by atoms with van der Waals surface area (Å²) in [5, 5.41) is 2.81. The van der Waals surface area contributed by atoms with E-state index in [-0.39, 0.29) is 18.6 Å². The monoisotopic (exact) mass is 326 g/mol. The number of anilines is 2. The zero-order valence-electron chi connectivity index (χ0n) is 10.8. The second kappa shape index (κ2) is 6.91. The summed E-state index contributed by atoms with van der Waals surface area (Å²) in [5.74, 6) is -0.129. The van der Waals surface area contributed by atoms with Crippen LogP contribution in [0.25, 0.3) is 0 Å². The molecule has 19 heavy (non-hydrogen) atoms. The van der Waals surface area contributed by atoms with Crippen LogP contribution in [0.3, 0.4) is 0 Å². The Bertz CT molecular complexity index is 445. The molecule has 1 amide bonds. The van der Waals surface area contributed by atoms with E-state index in [0.29, 0.717) is 11.4 Å². The number of rotatable bonds is 4. The van der Waals surface area contributed by atoms with Crippen LogP contribution in [0.1, 0.15) is 32.1 Å². The van der Waals surface area contributed by atoms with Crippen molar-refractivity contribution < 1.29 is 9.53 Å². The van der Waals surface area contributed by atoms with E-state index < -0.39 is 0 Å². The van der Waals surface area contributed by atoms with Crippen molar-refractivity contribution in [1.82, 2.24) is 0 Å². The number of carbonyl (C=O) groups is 1. The van der Waals surface area contributed by atoms with Gasteiger partial charge in [0, 0.05) is 10.2 Å². The van der Waals surface area contributed by atoms with Crippen LogP contribution in [-0.2, 0) is 9.53 Å². The van der Waals surface area contributed by atoms with Crippen molar-refractivity contribution in [2.45, 2.75) is 38.2 Å². The molecule has 0 spiro atoms. The Balaban J connectivity index is 1.80. The van der Waals surface area contributed by atoms with Crippen molar-refractivity contribution in [1.29, 1.82) is 0 Å². The minimum Gasteiger partial charge on any atom is -0.399 e. The summed E-state index contributed by atoms with van der Waals surface area (Å²) in [6.45, 7) is 0.113. The maximum atomic E-state index is 11.8. The number of hydrogen-bond acceptors (Lipinski definition) is 3. The summed E-state index contributed by atoms with van der Waals surface area (Å²) in [4.78, 5) is 11.8. The number of benzene rings is 1. The Morgan fingerprint density at radius 1 is 1.37 bits per heavy atom. The Hall–Kier alpha value is -1.07. The maximum Gasteiger partial charge on any atom is 0.250 e. The Morgan fingerprint density at radius 2 is 2.11 bits per heavy atom. The Morgan fingerprint density at radius 3 is 2.79 bits per heavy atom. The van der Waals surface area contributed by atoms with Crippen LogP contribution in [0.15, 0.2) is 22.7 Å². The number of nitrogens with one attached hydrogen (secondary N) is 1. The summed E-state index contributed by atoms with van der Waals surface area (Å²) in [6, 6.07) is 5.29. The highest BCUT2D eigenvalue weighted by atomic mass is 79.9. The van der Waals surface area contributed by atoms with E-state index in [1.54, 1.807) is 18.2 Å². The first-order valence-electron chi connectivity index (χ1n) is 6.61. The number of ether oxygens (including phenoxy) is 1. The fraction of sp³-hybridized carbons (Fsp3) is 0.500. The zero-order chi connectivity index (χ0) is 13.7. The minimum absolute atomic E-state index is 0.113. The summed E-state index contributed by atoms with van der Waals surface area (Å²) < 4.78 is 6.40. The predicted octanol–water partition coefficient (Wildman–Crippen LogP) is 3.32. The molecule has 1 aromatic carbocycles. The number of hydrogen-bond donors (Lipinski definition) is 2. The lowest BCUT2D eigenvalue weighted by Gasteiger charge is -2.21. The summed E-state index contributed by atoms with van der Waals surface area (Å²) in [7, 11) is 0. The summed E-state index contributed by atoms with van der Waals surface area (Å²) >= 11 is 3.37. The number of amides is 1. The molecule has 0 aliphatic heterocycles. The Labute approximate surface area is 121 Å². The van der Waals surface area contributed by atoms with Crippen molar-refractivity contribution in [2.75, 3.05) is 17.7 Å². The number of nitrogen functional groups attached to an aromatic ring is 1. The highest BCUT2D eigenvalue weighted by molar-refractivity contribution is 9.10. The molecule has 1 aliphatic rings. The summed E-state index contributed by atoms with van der Waals surface area (Å²) in [5.41, 5.74) is 7.02. The van der Waals surface area contributed by atoms with Gasteiger partial charge in [-0.15, -0.1) is 0 Å². The van der Waals surface area contributed by atoms with Gasteiger partial charge in [0.1, 0.15) is 6.61 Å². The van der Waals surface area contributed by atoms with E-state index in [0.717, 1.165) is 17.3 Å². The molecule has 0 aromatic heterocycles. The number of nitrogens with two attached hydrogens (primary N) is 1. The van der Waals surface area contributed by atoms with Crippen molar-refractivity contribution in [3.05, 3.63) is 22.7 Å². The van der Waals surface area contributed by atoms with E-state index >= 15 is 0 Å². The van der Waals surface area contributed by atoms with E-state index in [4.69, 9.17) is 10.5 Å². The van der Waals surface area contributed by atoms with Gasteiger partial charge in [-0.1, -0.05) is 19.3 Å². The zero-order valence-corrected chi connectivity index (χ0v) is 12.4. The van der Waals surface area contributed by atoms with E-state index in [2.05, 4.69) is 21.2 Å². The largest absolute Gasteiger partial charge is 0.399 e. The van der Waals surface area contributed by atoms with Crippen LogP contribution in [0.2, 0.25) is 0 Å². The van der Waals surface area contributed by atoms with Gasteiger partial charge in [-0.2, -0.15) is 0 Å². The molecule has 0 atom stereocenters. The summed E-state index contributed by atoms with van der Waals surface area (Å²) in [6.07, 6.45) is 6.07. The number of carbonyl (C=O) groups excluding carboxylic acids is 1. The first-order chi connectivity index (χ1) is 9.15. The molecule has 1 fully saturated rings. The molecule has 1 saturated carbocycles. The van der Waals surface area contributed by atoms with Crippen molar-refractivity contribution >= 4 is 33.2 Å². The highest BCUT2D eigenvalue weighted by Gasteiger charge is 2.15. The van der Waals surface area contributed by atoms with E-state index in [1.165, 1.54) is 19.3 Å². The second-order valence-corrected chi connectivity index (χ2v) is 5.71. The van der Waals surface area contributed by atoms with Crippen LogP contribution < -0.4 is 11.1 Å². The molecular formula is C14H19BrN2O2. The number of halogens is 1. The fourth-order valence-corrected chi connectivity index (χ4v) is 2.74. The van der Waals surface area contributed by atoms with Crippen LogP contribution in [0.5, 0.6) is 0 Å². The molecule has 4 nitrogen and oxygen atoms in total. The second-order valence-electron chi connectivity index (χ2n) is 4.86. The lowest BCUT2D eigenvalue weighted by atomic mass is 9.98. The molecular weight excluding hydrogens is 308 g/mol. The van der Waals surface area contributed by atoms with Gasteiger partial charge in [0.05, 0.1) is 11.8 Å².